The summed E-state index contributed by atoms with van der Waals surface area (Å²) in [5.41, 5.74) is 13.1. The minimum Gasteiger partial charge on any atom is -0.477 e. The SMILES string of the molecule is N=C(N)NN.N=C(N)NN.O=C(O)C(F)(F)C(F)(F)C(F)(F)C(=O)O. The fourth-order valence-electron chi connectivity index (χ4n) is 0.466. The Morgan fingerprint density at radius 3 is 1.00 bits per heavy atom. The van der Waals surface area contributed by atoms with E-state index >= 15 is 0 Å². The van der Waals surface area contributed by atoms with E-state index in [-0.39, 0.29) is 11.9 Å². The molecule has 14 N–H and O–H groups in total. The van der Waals surface area contributed by atoms with Crippen molar-refractivity contribution in [3.8, 4) is 0 Å². The molecule has 0 aromatic rings. The van der Waals surface area contributed by atoms with Gasteiger partial charge in [0.2, 0.25) is 0 Å². The van der Waals surface area contributed by atoms with Crippen molar-refractivity contribution in [2.75, 3.05) is 0 Å². The maximum Gasteiger partial charge on any atom is 0.411 e. The summed E-state index contributed by atoms with van der Waals surface area (Å²) in [7, 11) is 0. The summed E-state index contributed by atoms with van der Waals surface area (Å²) in [4.78, 5) is 19.2. The molecule has 0 aromatic heterocycles. The van der Waals surface area contributed by atoms with Gasteiger partial charge < -0.3 is 21.7 Å². The highest BCUT2D eigenvalue weighted by Crippen LogP contribution is 2.45. The highest BCUT2D eigenvalue weighted by molar-refractivity contribution is 5.82. The third kappa shape index (κ3) is 7.87. The average molecular weight is 388 g/mol. The van der Waals surface area contributed by atoms with Crippen LogP contribution < -0.4 is 34.0 Å². The first-order valence-electron chi connectivity index (χ1n) is 5.14. The molecule has 0 radical (unpaired) electrons. The van der Waals surface area contributed by atoms with Crippen LogP contribution >= 0.6 is 0 Å². The van der Waals surface area contributed by atoms with Crippen LogP contribution in [0.2, 0.25) is 0 Å². The molecular weight excluding hydrogens is 374 g/mol. The molecule has 18 heteroatoms. The molecule has 12 nitrogen and oxygen atoms in total. The van der Waals surface area contributed by atoms with Crippen molar-refractivity contribution in [1.82, 2.24) is 10.9 Å². The number of carboxylic acid groups (broad SMARTS) is 2. The van der Waals surface area contributed by atoms with Gasteiger partial charge in [0.25, 0.3) is 0 Å². The first kappa shape index (κ1) is 26.9. The topological polar surface area (TPSA) is 250 Å². The van der Waals surface area contributed by atoms with Gasteiger partial charge in [-0.05, 0) is 0 Å². The lowest BCUT2D eigenvalue weighted by molar-refractivity contribution is -0.298. The van der Waals surface area contributed by atoms with Crippen LogP contribution in [-0.2, 0) is 9.59 Å². The molecule has 0 rings (SSSR count). The summed E-state index contributed by atoms with van der Waals surface area (Å²) in [6, 6.07) is 0. The van der Waals surface area contributed by atoms with E-state index in [1.807, 2.05) is 10.9 Å². The molecule has 0 atom stereocenters. The molecule has 0 aliphatic heterocycles. The Morgan fingerprint density at radius 2 is 0.920 bits per heavy atom. The minimum atomic E-state index is -6.53. The van der Waals surface area contributed by atoms with E-state index in [0.717, 1.165) is 0 Å². The number of aliphatic carboxylic acids is 2. The number of nitrogens with two attached hydrogens (primary N) is 4. The van der Waals surface area contributed by atoms with Crippen molar-refractivity contribution in [1.29, 1.82) is 10.8 Å². The number of nitrogens with one attached hydrogen (secondary N) is 4. The average Bonchev–Trinajstić information content (AvgIpc) is 2.47. The molecule has 148 valence electrons. The van der Waals surface area contributed by atoms with Crippen molar-refractivity contribution < 1.29 is 46.1 Å². The van der Waals surface area contributed by atoms with Gasteiger partial charge in [-0.15, -0.1) is 0 Å². The van der Waals surface area contributed by atoms with Gasteiger partial charge in [0, 0.05) is 0 Å². The van der Waals surface area contributed by atoms with E-state index < -0.39 is 29.7 Å². The van der Waals surface area contributed by atoms with E-state index in [2.05, 4.69) is 23.2 Å². The smallest absolute Gasteiger partial charge is 0.411 e. The number of hydrogen-bond donors (Lipinski definition) is 10. The van der Waals surface area contributed by atoms with Crippen LogP contribution in [-0.4, -0.2) is 51.8 Å². The maximum absolute atomic E-state index is 12.2. The van der Waals surface area contributed by atoms with Crippen molar-refractivity contribution >= 4 is 23.9 Å². The molecule has 0 heterocycles. The Hall–Kier alpha value is -3.02. The zero-order chi connectivity index (χ0) is 21.2. The molecule has 0 aliphatic rings. The van der Waals surface area contributed by atoms with Gasteiger partial charge in [-0.3, -0.25) is 21.7 Å². The summed E-state index contributed by atoms with van der Waals surface area (Å²) in [6.07, 6.45) is 0. The first-order chi connectivity index (χ1) is 10.9. The van der Waals surface area contributed by atoms with E-state index in [0.29, 0.717) is 0 Å². The fraction of sp³-hybridized carbons (Fsp3) is 0.429. The summed E-state index contributed by atoms with van der Waals surface area (Å²) in [5, 5.41) is 27.7. The largest absolute Gasteiger partial charge is 0.477 e. The summed E-state index contributed by atoms with van der Waals surface area (Å²) in [6.45, 7) is 0. The van der Waals surface area contributed by atoms with Gasteiger partial charge in [-0.1, -0.05) is 0 Å². The number of carbonyl (C=O) groups is 2. The molecule has 0 aliphatic carbocycles. The normalized spacial score (nSPS) is 10.9. The van der Waals surface area contributed by atoms with Crippen LogP contribution in [0.25, 0.3) is 0 Å². The Morgan fingerprint density at radius 1 is 0.760 bits per heavy atom. The minimum absolute atomic E-state index is 0.218. The number of alkyl halides is 6. The maximum atomic E-state index is 12.2. The number of carboxylic acids is 2. The molecule has 0 saturated heterocycles. The van der Waals surface area contributed by atoms with Gasteiger partial charge in [-0.25, -0.2) is 21.3 Å². The van der Waals surface area contributed by atoms with Crippen LogP contribution in [0.5, 0.6) is 0 Å². The Kier molecular flexibility index (Phi) is 10.7. The number of halogens is 6. The molecule has 0 unspecified atom stereocenters. The fourth-order valence-corrected chi connectivity index (χ4v) is 0.466. The monoisotopic (exact) mass is 388 g/mol. The van der Waals surface area contributed by atoms with Crippen molar-refractivity contribution in [2.24, 2.45) is 23.2 Å². The molecule has 0 saturated carbocycles. The van der Waals surface area contributed by atoms with Crippen molar-refractivity contribution in [2.45, 2.75) is 17.8 Å². The van der Waals surface area contributed by atoms with E-state index in [1.165, 1.54) is 0 Å². The second-order valence-electron chi connectivity index (χ2n) is 3.45. The molecule has 0 amide bonds. The second kappa shape index (κ2) is 9.97. The predicted octanol–water partition coefficient (Wildman–Crippen LogP) is -2.25. The lowest BCUT2D eigenvalue weighted by Crippen LogP contribution is -2.60. The molecular formula is C7H14F6N8O4. The Labute approximate surface area is 134 Å². The summed E-state index contributed by atoms with van der Waals surface area (Å²) >= 11 is 0. The molecule has 25 heavy (non-hydrogen) atoms. The van der Waals surface area contributed by atoms with Gasteiger partial charge in [0.1, 0.15) is 0 Å². The Balaban J connectivity index is -0.000000396. The molecule has 0 fully saturated rings. The van der Waals surface area contributed by atoms with E-state index in [4.69, 9.17) is 21.0 Å². The van der Waals surface area contributed by atoms with Crippen LogP contribution in [0.4, 0.5) is 26.3 Å². The van der Waals surface area contributed by atoms with E-state index in [9.17, 15) is 35.9 Å². The Bertz CT molecular complexity index is 459. The number of rotatable bonds is 4. The first-order valence-corrected chi connectivity index (χ1v) is 5.14. The molecule has 0 bridgehead atoms. The third-order valence-corrected chi connectivity index (χ3v) is 1.64. The third-order valence-electron chi connectivity index (χ3n) is 1.64. The van der Waals surface area contributed by atoms with Crippen molar-refractivity contribution in [3.05, 3.63) is 0 Å². The van der Waals surface area contributed by atoms with Gasteiger partial charge in [-0.2, -0.15) is 26.3 Å². The second-order valence-corrected chi connectivity index (χ2v) is 3.45. The zero-order valence-corrected chi connectivity index (χ0v) is 11.8. The van der Waals surface area contributed by atoms with E-state index in [1.54, 1.807) is 0 Å². The van der Waals surface area contributed by atoms with Gasteiger partial charge in [0.05, 0.1) is 0 Å². The van der Waals surface area contributed by atoms with Crippen LogP contribution in [0.3, 0.4) is 0 Å². The molecule has 0 aromatic carbocycles. The highest BCUT2D eigenvalue weighted by Gasteiger charge is 2.78. The molecule has 0 spiro atoms. The summed E-state index contributed by atoms with van der Waals surface area (Å²) < 4.78 is 72.8. The van der Waals surface area contributed by atoms with Gasteiger partial charge >= 0.3 is 29.7 Å². The quantitative estimate of drug-likeness (QED) is 0.0813. The zero-order valence-electron chi connectivity index (χ0n) is 11.8. The number of hydrogen-bond acceptors (Lipinski definition) is 6. The van der Waals surface area contributed by atoms with Gasteiger partial charge in [0.15, 0.2) is 11.9 Å². The number of hydrazine groups is 2. The number of guanidine groups is 2. The standard InChI is InChI=1S/C5H2F6O4.2CH6N4/c6-3(7,1(12)13)5(10,11)4(8,9)2(14)15;2*2-1(3)5-4/h(H,12,13)(H,14,15);2*4H2,(H4,2,3,5). The lowest BCUT2D eigenvalue weighted by Gasteiger charge is -2.27. The predicted molar refractivity (Wildman–Crippen MR) is 68.6 cm³/mol. The van der Waals surface area contributed by atoms with Crippen molar-refractivity contribution in [3.63, 3.8) is 0 Å². The highest BCUT2D eigenvalue weighted by atomic mass is 19.3. The van der Waals surface area contributed by atoms with Crippen LogP contribution in [0.1, 0.15) is 0 Å². The van der Waals surface area contributed by atoms with Crippen LogP contribution in [0, 0.1) is 10.8 Å². The lowest BCUT2D eigenvalue weighted by atomic mass is 10.1. The summed E-state index contributed by atoms with van der Waals surface area (Å²) in [5.74, 6) is -17.3. The van der Waals surface area contributed by atoms with Crippen LogP contribution in [0.15, 0.2) is 0 Å².